The van der Waals surface area contributed by atoms with Gasteiger partial charge in [0.15, 0.2) is 0 Å². The summed E-state index contributed by atoms with van der Waals surface area (Å²) in [4.78, 5) is 14.5. The molecule has 0 aliphatic heterocycles. The van der Waals surface area contributed by atoms with Crippen LogP contribution in [-0.2, 0) is 9.53 Å². The van der Waals surface area contributed by atoms with E-state index in [-0.39, 0.29) is 5.97 Å². The molecule has 19 heavy (non-hydrogen) atoms. The zero-order chi connectivity index (χ0) is 14.1. The van der Waals surface area contributed by atoms with Crippen LogP contribution in [0.1, 0.15) is 52.4 Å². The van der Waals surface area contributed by atoms with Crippen LogP contribution in [-0.4, -0.2) is 49.7 Å². The number of hydrogen-bond donors (Lipinski definition) is 1. The predicted molar refractivity (Wildman–Crippen MR) is 78.2 cm³/mol. The Balaban J connectivity index is 2.56. The molecule has 0 atom stereocenters. The molecule has 1 fully saturated rings. The number of nitrogens with zero attached hydrogens (tertiary/aromatic N) is 1. The van der Waals surface area contributed by atoms with E-state index in [1.54, 1.807) is 0 Å². The van der Waals surface area contributed by atoms with Crippen molar-refractivity contribution >= 4 is 5.97 Å². The van der Waals surface area contributed by atoms with E-state index in [0.717, 1.165) is 51.9 Å². The summed E-state index contributed by atoms with van der Waals surface area (Å²) in [6.45, 7) is 8.31. The van der Waals surface area contributed by atoms with E-state index in [2.05, 4.69) is 24.1 Å². The largest absolute Gasteiger partial charge is 0.468 e. The number of hydrogen-bond acceptors (Lipinski definition) is 4. The summed E-state index contributed by atoms with van der Waals surface area (Å²) in [6.07, 6.45) is 6.53. The monoisotopic (exact) mass is 270 g/mol. The topological polar surface area (TPSA) is 41.6 Å². The van der Waals surface area contributed by atoms with E-state index < -0.39 is 5.54 Å². The first-order valence-corrected chi connectivity index (χ1v) is 7.74. The van der Waals surface area contributed by atoms with Crippen LogP contribution in [0.5, 0.6) is 0 Å². The molecule has 1 N–H and O–H groups in total. The molecule has 1 saturated carbocycles. The van der Waals surface area contributed by atoms with E-state index in [1.165, 1.54) is 20.0 Å². The SMILES string of the molecule is CCN(CC)CCNC1(C(=O)OC)CCCCCC1. The van der Waals surface area contributed by atoms with Crippen LogP contribution >= 0.6 is 0 Å². The van der Waals surface area contributed by atoms with Crippen molar-refractivity contribution in [3.05, 3.63) is 0 Å². The Morgan fingerprint density at radius 3 is 2.21 bits per heavy atom. The lowest BCUT2D eigenvalue weighted by Gasteiger charge is -2.32. The Labute approximate surface area is 117 Å². The molecule has 0 unspecified atom stereocenters. The first-order valence-electron chi connectivity index (χ1n) is 7.74. The van der Waals surface area contributed by atoms with Crippen LogP contribution < -0.4 is 5.32 Å². The average Bonchev–Trinajstić information content (AvgIpc) is 2.69. The van der Waals surface area contributed by atoms with E-state index in [4.69, 9.17) is 4.74 Å². The molecule has 0 saturated heterocycles. The fourth-order valence-corrected chi connectivity index (χ4v) is 2.97. The smallest absolute Gasteiger partial charge is 0.326 e. The molecular weight excluding hydrogens is 240 g/mol. The van der Waals surface area contributed by atoms with Gasteiger partial charge in [-0.05, 0) is 25.9 Å². The maximum Gasteiger partial charge on any atom is 0.326 e. The van der Waals surface area contributed by atoms with Crippen molar-refractivity contribution in [2.75, 3.05) is 33.3 Å². The van der Waals surface area contributed by atoms with Gasteiger partial charge in [-0.15, -0.1) is 0 Å². The lowest BCUT2D eigenvalue weighted by molar-refractivity contribution is -0.149. The number of ether oxygens (including phenoxy) is 1. The maximum atomic E-state index is 12.2. The van der Waals surface area contributed by atoms with Crippen molar-refractivity contribution in [3.8, 4) is 0 Å². The minimum Gasteiger partial charge on any atom is -0.468 e. The van der Waals surface area contributed by atoms with Crippen molar-refractivity contribution < 1.29 is 9.53 Å². The van der Waals surface area contributed by atoms with Gasteiger partial charge in [0.1, 0.15) is 5.54 Å². The van der Waals surface area contributed by atoms with Crippen LogP contribution in [0.25, 0.3) is 0 Å². The molecule has 0 heterocycles. The Hall–Kier alpha value is -0.610. The molecule has 112 valence electrons. The minimum atomic E-state index is -0.432. The minimum absolute atomic E-state index is 0.0750. The summed E-state index contributed by atoms with van der Waals surface area (Å²) >= 11 is 0. The lowest BCUT2D eigenvalue weighted by Crippen LogP contribution is -2.54. The Bertz CT molecular complexity index is 257. The Morgan fingerprint density at radius 2 is 1.74 bits per heavy atom. The summed E-state index contributed by atoms with van der Waals surface area (Å²) in [5.41, 5.74) is -0.432. The van der Waals surface area contributed by atoms with Gasteiger partial charge in [0.05, 0.1) is 7.11 Å². The third kappa shape index (κ3) is 4.77. The summed E-state index contributed by atoms with van der Waals surface area (Å²) in [5.74, 6) is -0.0750. The Kier molecular flexibility index (Phi) is 7.39. The lowest BCUT2D eigenvalue weighted by atomic mass is 9.90. The van der Waals surface area contributed by atoms with Gasteiger partial charge in [0.25, 0.3) is 0 Å². The van der Waals surface area contributed by atoms with Crippen molar-refractivity contribution in [3.63, 3.8) is 0 Å². The van der Waals surface area contributed by atoms with Crippen LogP contribution in [0, 0.1) is 0 Å². The highest BCUT2D eigenvalue weighted by Crippen LogP contribution is 2.28. The molecule has 0 aromatic carbocycles. The summed E-state index contributed by atoms with van der Waals surface area (Å²) < 4.78 is 5.04. The normalized spacial score (nSPS) is 19.2. The van der Waals surface area contributed by atoms with Gasteiger partial charge in [-0.3, -0.25) is 4.79 Å². The first-order chi connectivity index (χ1) is 9.18. The quantitative estimate of drug-likeness (QED) is 0.569. The number of esters is 1. The van der Waals surface area contributed by atoms with E-state index in [9.17, 15) is 4.79 Å². The second-order valence-corrected chi connectivity index (χ2v) is 5.44. The molecular formula is C15H30N2O2. The van der Waals surface area contributed by atoms with Crippen LogP contribution in [0.2, 0.25) is 0 Å². The molecule has 1 aliphatic rings. The molecule has 0 amide bonds. The van der Waals surface area contributed by atoms with Crippen molar-refractivity contribution in [1.29, 1.82) is 0 Å². The highest BCUT2D eigenvalue weighted by Gasteiger charge is 2.38. The number of carbonyl (C=O) groups is 1. The van der Waals surface area contributed by atoms with Gasteiger partial charge in [-0.25, -0.2) is 0 Å². The number of carbonyl (C=O) groups excluding carboxylic acids is 1. The molecule has 0 aromatic heterocycles. The van der Waals surface area contributed by atoms with E-state index >= 15 is 0 Å². The molecule has 0 spiro atoms. The van der Waals surface area contributed by atoms with Crippen LogP contribution in [0.3, 0.4) is 0 Å². The van der Waals surface area contributed by atoms with Gasteiger partial charge < -0.3 is 15.0 Å². The van der Waals surface area contributed by atoms with Gasteiger partial charge in [0.2, 0.25) is 0 Å². The van der Waals surface area contributed by atoms with E-state index in [1.807, 2.05) is 0 Å². The molecule has 4 heteroatoms. The summed E-state index contributed by atoms with van der Waals surface area (Å²) in [6, 6.07) is 0. The molecule has 4 nitrogen and oxygen atoms in total. The highest BCUT2D eigenvalue weighted by molar-refractivity contribution is 5.80. The van der Waals surface area contributed by atoms with Crippen molar-refractivity contribution in [1.82, 2.24) is 10.2 Å². The number of nitrogens with one attached hydrogen (secondary N) is 1. The maximum absolute atomic E-state index is 12.2. The third-order valence-electron chi connectivity index (χ3n) is 4.32. The molecule has 0 aromatic rings. The Morgan fingerprint density at radius 1 is 1.16 bits per heavy atom. The number of likely N-dealkylation sites (N-methyl/N-ethyl adjacent to an activating group) is 1. The van der Waals surface area contributed by atoms with Gasteiger partial charge in [-0.1, -0.05) is 39.5 Å². The van der Waals surface area contributed by atoms with Crippen LogP contribution in [0.15, 0.2) is 0 Å². The average molecular weight is 270 g/mol. The zero-order valence-electron chi connectivity index (χ0n) is 12.8. The van der Waals surface area contributed by atoms with Gasteiger partial charge in [0, 0.05) is 13.1 Å². The summed E-state index contributed by atoms with van der Waals surface area (Å²) in [7, 11) is 1.50. The molecule has 0 bridgehead atoms. The predicted octanol–water partition coefficient (Wildman–Crippen LogP) is 2.18. The van der Waals surface area contributed by atoms with Gasteiger partial charge in [-0.2, -0.15) is 0 Å². The van der Waals surface area contributed by atoms with Crippen molar-refractivity contribution in [2.24, 2.45) is 0 Å². The molecule has 1 aliphatic carbocycles. The second-order valence-electron chi connectivity index (χ2n) is 5.44. The van der Waals surface area contributed by atoms with Gasteiger partial charge >= 0.3 is 5.97 Å². The number of methoxy groups -OCH3 is 1. The van der Waals surface area contributed by atoms with Crippen molar-refractivity contribution in [2.45, 2.75) is 57.9 Å². The first kappa shape index (κ1) is 16.4. The third-order valence-corrected chi connectivity index (χ3v) is 4.32. The second kappa shape index (κ2) is 8.54. The zero-order valence-corrected chi connectivity index (χ0v) is 12.8. The fourth-order valence-electron chi connectivity index (χ4n) is 2.97. The van der Waals surface area contributed by atoms with Crippen LogP contribution in [0.4, 0.5) is 0 Å². The molecule has 0 radical (unpaired) electrons. The van der Waals surface area contributed by atoms with E-state index in [0.29, 0.717) is 0 Å². The standard InChI is InChI=1S/C15H30N2O2/c1-4-17(5-2)13-12-16-15(14(18)19-3)10-8-6-7-9-11-15/h16H,4-13H2,1-3H3. The fraction of sp³-hybridized carbons (Fsp3) is 0.933. The number of rotatable bonds is 7. The summed E-state index contributed by atoms with van der Waals surface area (Å²) in [5, 5.41) is 3.51. The molecule has 1 rings (SSSR count). The highest BCUT2D eigenvalue weighted by atomic mass is 16.5.